The molecule has 0 aromatic heterocycles. The Morgan fingerprint density at radius 2 is 1.55 bits per heavy atom. The van der Waals surface area contributed by atoms with Gasteiger partial charge in [0.1, 0.15) is 10.9 Å². The molecule has 0 N–H and O–H groups in total. The van der Waals surface area contributed by atoms with Gasteiger partial charge in [0, 0.05) is 24.4 Å². The maximum atomic E-state index is 5.46. The van der Waals surface area contributed by atoms with Crippen molar-refractivity contribution in [2.45, 2.75) is 26.1 Å². The van der Waals surface area contributed by atoms with E-state index in [-0.39, 0.29) is 0 Å². The first kappa shape index (κ1) is 17.5. The summed E-state index contributed by atoms with van der Waals surface area (Å²) in [6.07, 6.45) is 0. The summed E-state index contributed by atoms with van der Waals surface area (Å²) in [4.78, 5) is 2.23. The van der Waals surface area contributed by atoms with E-state index in [1.54, 1.807) is 11.8 Å². The summed E-state index contributed by atoms with van der Waals surface area (Å²) in [5, 5.41) is 0. The average Bonchev–Trinajstić information content (AvgIpc) is 2.37. The highest BCUT2D eigenvalue weighted by Gasteiger charge is 2.09. The molecule has 0 saturated heterocycles. The highest BCUT2D eigenvalue weighted by Crippen LogP contribution is 2.18. The molecular formula is C16H27N2S2+. The summed E-state index contributed by atoms with van der Waals surface area (Å²) in [5.41, 5.74) is 2.73. The Morgan fingerprint density at radius 3 is 2.00 bits per heavy atom. The van der Waals surface area contributed by atoms with Gasteiger partial charge in [-0.3, -0.25) is 0 Å². The van der Waals surface area contributed by atoms with E-state index in [0.29, 0.717) is 0 Å². The summed E-state index contributed by atoms with van der Waals surface area (Å²) in [7, 11) is 6.64. The molecule has 0 heterocycles. The van der Waals surface area contributed by atoms with Crippen molar-refractivity contribution >= 4 is 28.3 Å². The lowest BCUT2D eigenvalue weighted by molar-refractivity contribution is -0.884. The summed E-state index contributed by atoms with van der Waals surface area (Å²) in [5.74, 6) is 0.958. The van der Waals surface area contributed by atoms with Crippen molar-refractivity contribution in [3.63, 3.8) is 0 Å². The van der Waals surface area contributed by atoms with Crippen LogP contribution in [0.3, 0.4) is 0 Å². The fraction of sp³-hybridized carbons (Fsp3) is 0.562. The van der Waals surface area contributed by atoms with E-state index in [9.17, 15) is 0 Å². The van der Waals surface area contributed by atoms with E-state index in [1.807, 2.05) is 0 Å². The fourth-order valence-corrected chi connectivity index (χ4v) is 3.37. The zero-order valence-corrected chi connectivity index (χ0v) is 15.0. The molecule has 0 aliphatic rings. The van der Waals surface area contributed by atoms with Crippen molar-refractivity contribution in [1.82, 2.24) is 4.90 Å². The van der Waals surface area contributed by atoms with Crippen molar-refractivity contribution in [3.8, 4) is 0 Å². The highest BCUT2D eigenvalue weighted by molar-refractivity contribution is 8.22. The lowest BCUT2D eigenvalue weighted by Crippen LogP contribution is -2.33. The highest BCUT2D eigenvalue weighted by atomic mass is 32.2. The molecule has 0 saturated carbocycles. The Hall–Kier alpha value is -0.580. The monoisotopic (exact) mass is 311 g/mol. The topological polar surface area (TPSA) is 3.24 Å². The minimum atomic E-state index is 0.958. The standard InChI is InChI=1S/C16H27N2S2/c1-6-17(7-2)16(19)20-13-15-10-8-14(9-11-15)12-18(3,4)5/h8-11H,6-7,12-13H2,1-5H3/q+1. The second kappa shape index (κ2) is 8.01. The van der Waals surface area contributed by atoms with Gasteiger partial charge in [-0.15, -0.1) is 0 Å². The molecule has 0 fully saturated rings. The van der Waals surface area contributed by atoms with Gasteiger partial charge in [0.25, 0.3) is 0 Å². The number of benzene rings is 1. The molecule has 0 spiro atoms. The Balaban J connectivity index is 2.52. The van der Waals surface area contributed by atoms with E-state index in [2.05, 4.69) is 64.2 Å². The summed E-state index contributed by atoms with van der Waals surface area (Å²) in [6.45, 7) is 7.34. The number of hydrogen-bond donors (Lipinski definition) is 0. The quantitative estimate of drug-likeness (QED) is 0.582. The first-order chi connectivity index (χ1) is 9.35. The van der Waals surface area contributed by atoms with Crippen LogP contribution in [0.2, 0.25) is 0 Å². The minimum absolute atomic E-state index is 0.958. The lowest BCUT2D eigenvalue weighted by atomic mass is 10.1. The molecule has 0 unspecified atom stereocenters. The number of nitrogens with zero attached hydrogens (tertiary/aromatic N) is 2. The van der Waals surface area contributed by atoms with Crippen LogP contribution in [-0.2, 0) is 12.3 Å². The molecule has 1 aromatic rings. The van der Waals surface area contributed by atoms with Crippen LogP contribution in [0.4, 0.5) is 0 Å². The van der Waals surface area contributed by atoms with Gasteiger partial charge >= 0.3 is 0 Å². The molecule has 20 heavy (non-hydrogen) atoms. The van der Waals surface area contributed by atoms with Crippen LogP contribution >= 0.6 is 24.0 Å². The third-order valence-electron chi connectivity index (χ3n) is 3.06. The number of quaternary nitrogens is 1. The molecule has 0 radical (unpaired) electrons. The van der Waals surface area contributed by atoms with E-state index in [0.717, 1.165) is 34.2 Å². The van der Waals surface area contributed by atoms with Gasteiger partial charge in [-0.1, -0.05) is 48.2 Å². The van der Waals surface area contributed by atoms with Gasteiger partial charge in [-0.05, 0) is 19.4 Å². The molecule has 0 amide bonds. The van der Waals surface area contributed by atoms with Gasteiger partial charge in [-0.2, -0.15) is 0 Å². The van der Waals surface area contributed by atoms with E-state index in [4.69, 9.17) is 12.2 Å². The van der Waals surface area contributed by atoms with Crippen LogP contribution in [-0.4, -0.2) is 47.9 Å². The normalized spacial score (nSPS) is 11.4. The number of thioether (sulfide) groups is 1. The molecule has 0 aliphatic carbocycles. The maximum Gasteiger partial charge on any atom is 0.136 e. The zero-order valence-electron chi connectivity index (χ0n) is 13.3. The molecule has 0 aliphatic heterocycles. The number of thiocarbonyl (C=S) groups is 1. The van der Waals surface area contributed by atoms with Crippen molar-refractivity contribution < 1.29 is 4.48 Å². The van der Waals surface area contributed by atoms with Gasteiger partial charge in [-0.25, -0.2) is 0 Å². The van der Waals surface area contributed by atoms with Crippen molar-refractivity contribution in [1.29, 1.82) is 0 Å². The summed E-state index contributed by atoms with van der Waals surface area (Å²) in [6, 6.07) is 8.92. The fourth-order valence-electron chi connectivity index (χ4n) is 2.01. The Kier molecular flexibility index (Phi) is 7.00. The Bertz CT molecular complexity index is 417. The van der Waals surface area contributed by atoms with Crippen LogP contribution in [0.5, 0.6) is 0 Å². The SMILES string of the molecule is CCN(CC)C(=S)SCc1ccc(C[N+](C)(C)C)cc1. The zero-order chi connectivity index (χ0) is 15.2. The van der Waals surface area contributed by atoms with E-state index in [1.165, 1.54) is 11.1 Å². The molecular weight excluding hydrogens is 284 g/mol. The van der Waals surface area contributed by atoms with Gasteiger partial charge < -0.3 is 9.38 Å². The van der Waals surface area contributed by atoms with Crippen LogP contribution in [0.1, 0.15) is 25.0 Å². The van der Waals surface area contributed by atoms with Crippen LogP contribution < -0.4 is 0 Å². The van der Waals surface area contributed by atoms with E-state index < -0.39 is 0 Å². The second-order valence-corrected chi connectivity index (χ2v) is 7.60. The van der Waals surface area contributed by atoms with Crippen LogP contribution in [0, 0.1) is 0 Å². The van der Waals surface area contributed by atoms with Gasteiger partial charge in [0.2, 0.25) is 0 Å². The average molecular weight is 312 g/mol. The van der Waals surface area contributed by atoms with Gasteiger partial charge in [0.15, 0.2) is 0 Å². The largest absolute Gasteiger partial charge is 0.358 e. The molecule has 2 nitrogen and oxygen atoms in total. The molecule has 112 valence electrons. The van der Waals surface area contributed by atoms with Crippen molar-refractivity contribution in [3.05, 3.63) is 35.4 Å². The van der Waals surface area contributed by atoms with Gasteiger partial charge in [0.05, 0.1) is 21.1 Å². The predicted octanol–water partition coefficient (Wildman–Crippen LogP) is 3.75. The molecule has 0 bridgehead atoms. The summed E-state index contributed by atoms with van der Waals surface area (Å²) >= 11 is 7.22. The minimum Gasteiger partial charge on any atom is -0.358 e. The second-order valence-electron chi connectivity index (χ2n) is 5.99. The maximum absolute atomic E-state index is 5.46. The summed E-state index contributed by atoms with van der Waals surface area (Å²) < 4.78 is 1.96. The number of hydrogen-bond acceptors (Lipinski definition) is 2. The van der Waals surface area contributed by atoms with Crippen LogP contribution in [0.25, 0.3) is 0 Å². The molecule has 4 heteroatoms. The number of rotatable bonds is 6. The van der Waals surface area contributed by atoms with Crippen molar-refractivity contribution in [2.24, 2.45) is 0 Å². The predicted molar refractivity (Wildman–Crippen MR) is 95.0 cm³/mol. The Labute approximate surface area is 133 Å². The Morgan fingerprint density at radius 1 is 1.05 bits per heavy atom. The first-order valence-electron chi connectivity index (χ1n) is 7.15. The molecule has 1 rings (SSSR count). The smallest absolute Gasteiger partial charge is 0.136 e. The molecule has 1 aromatic carbocycles. The third-order valence-corrected chi connectivity index (χ3v) is 4.66. The lowest BCUT2D eigenvalue weighted by Gasteiger charge is -2.24. The van der Waals surface area contributed by atoms with Crippen LogP contribution in [0.15, 0.2) is 24.3 Å². The molecule has 0 atom stereocenters. The first-order valence-corrected chi connectivity index (χ1v) is 8.55. The van der Waals surface area contributed by atoms with E-state index >= 15 is 0 Å². The third kappa shape index (κ3) is 6.25. The van der Waals surface area contributed by atoms with Crippen molar-refractivity contribution in [2.75, 3.05) is 34.2 Å².